The summed E-state index contributed by atoms with van der Waals surface area (Å²) in [6, 6.07) is 15.9. The lowest BCUT2D eigenvalue weighted by Gasteiger charge is -2.12. The van der Waals surface area contributed by atoms with Gasteiger partial charge in [-0.1, -0.05) is 24.3 Å². The lowest BCUT2D eigenvalue weighted by Crippen LogP contribution is -2.20. The van der Waals surface area contributed by atoms with E-state index in [0.29, 0.717) is 34.3 Å². The summed E-state index contributed by atoms with van der Waals surface area (Å²) in [5.74, 6) is 1.56. The number of benzene rings is 2. The Balaban J connectivity index is 1.37. The minimum Gasteiger partial charge on any atom is -0.487 e. The molecule has 2 heterocycles. The number of aromatic nitrogens is 2. The smallest absolute Gasteiger partial charge is 0.287 e. The van der Waals surface area contributed by atoms with Gasteiger partial charge in [0.15, 0.2) is 12.3 Å². The lowest BCUT2D eigenvalue weighted by molar-refractivity contribution is -0.118. The van der Waals surface area contributed by atoms with Gasteiger partial charge in [-0.05, 0) is 44.0 Å². The fourth-order valence-corrected chi connectivity index (χ4v) is 3.33. The summed E-state index contributed by atoms with van der Waals surface area (Å²) in [5, 5.41) is 2.80. The number of carbonyl (C=O) groups is 1. The number of fused-ring (bicyclic) bond motifs is 1. The number of anilines is 1. The van der Waals surface area contributed by atoms with E-state index < -0.39 is 0 Å². The second-order valence-corrected chi connectivity index (χ2v) is 7.46. The summed E-state index contributed by atoms with van der Waals surface area (Å²) < 4.78 is 17.9. The summed E-state index contributed by atoms with van der Waals surface area (Å²) in [6.07, 6.45) is 0. The third-order valence-corrected chi connectivity index (χ3v) is 4.79. The molecule has 0 spiro atoms. The third kappa shape index (κ3) is 4.80. The molecule has 164 valence electrons. The molecule has 2 aromatic carbocycles. The van der Waals surface area contributed by atoms with E-state index in [1.165, 1.54) is 6.07 Å². The van der Waals surface area contributed by atoms with Crippen LogP contribution in [0.1, 0.15) is 22.6 Å². The fraction of sp³-hybridized carbons (Fsp3) is 0.208. The Morgan fingerprint density at radius 2 is 1.78 bits per heavy atom. The molecule has 1 amide bonds. The Labute approximate surface area is 184 Å². The van der Waals surface area contributed by atoms with Crippen molar-refractivity contribution in [3.05, 3.63) is 87.5 Å². The molecule has 32 heavy (non-hydrogen) atoms. The van der Waals surface area contributed by atoms with Crippen LogP contribution < -0.4 is 20.3 Å². The molecule has 0 atom stereocenters. The SMILES string of the molecule is Cc1cc2nc(COc3cccc(NC(=O)COc4c(C)cccc4C)c3)cc(=O)n2o1. The lowest BCUT2D eigenvalue weighted by atomic mass is 10.1. The van der Waals surface area contributed by atoms with Crippen LogP contribution in [0.5, 0.6) is 11.5 Å². The van der Waals surface area contributed by atoms with E-state index in [4.69, 9.17) is 14.0 Å². The standard InChI is InChI=1S/C24H23N3O5/c1-15-6-4-7-16(2)24(15)31-14-22(28)26-18-8-5-9-20(11-18)30-13-19-12-23(29)27-21(25-19)10-17(3)32-27/h4-12H,13-14H2,1-3H3,(H,26,28). The third-order valence-electron chi connectivity index (χ3n) is 4.79. The van der Waals surface area contributed by atoms with Crippen LogP contribution in [-0.2, 0) is 11.4 Å². The molecule has 0 radical (unpaired) electrons. The highest BCUT2D eigenvalue weighted by molar-refractivity contribution is 5.92. The summed E-state index contributed by atoms with van der Waals surface area (Å²) in [5.41, 5.74) is 3.12. The molecule has 1 N–H and O–H groups in total. The predicted molar refractivity (Wildman–Crippen MR) is 119 cm³/mol. The van der Waals surface area contributed by atoms with Gasteiger partial charge < -0.3 is 19.3 Å². The molecule has 0 saturated carbocycles. The normalized spacial score (nSPS) is 10.8. The molecule has 0 aliphatic heterocycles. The van der Waals surface area contributed by atoms with E-state index in [1.54, 1.807) is 37.3 Å². The highest BCUT2D eigenvalue weighted by Crippen LogP contribution is 2.22. The number of hydrogen-bond donors (Lipinski definition) is 1. The molecule has 2 aromatic heterocycles. The molecule has 8 heteroatoms. The van der Waals surface area contributed by atoms with Gasteiger partial charge in [0.05, 0.1) is 5.69 Å². The largest absolute Gasteiger partial charge is 0.487 e. The molecule has 0 bridgehead atoms. The minimum absolute atomic E-state index is 0.100. The minimum atomic E-state index is -0.313. The van der Waals surface area contributed by atoms with Crippen LogP contribution in [0.2, 0.25) is 0 Å². The molecule has 4 rings (SSSR count). The molecule has 0 saturated heterocycles. The Morgan fingerprint density at radius 1 is 1.03 bits per heavy atom. The second-order valence-electron chi connectivity index (χ2n) is 7.46. The number of ether oxygens (including phenoxy) is 2. The zero-order chi connectivity index (χ0) is 22.7. The monoisotopic (exact) mass is 433 g/mol. The van der Waals surface area contributed by atoms with Crippen molar-refractivity contribution in [2.75, 3.05) is 11.9 Å². The summed E-state index contributed by atoms with van der Waals surface area (Å²) >= 11 is 0. The van der Waals surface area contributed by atoms with Crippen LogP contribution >= 0.6 is 0 Å². The van der Waals surface area contributed by atoms with E-state index in [-0.39, 0.29) is 24.7 Å². The molecule has 8 nitrogen and oxygen atoms in total. The first-order valence-electron chi connectivity index (χ1n) is 10.1. The molecule has 0 fully saturated rings. The van der Waals surface area contributed by atoms with Gasteiger partial charge in [-0.15, -0.1) is 4.57 Å². The van der Waals surface area contributed by atoms with E-state index in [0.717, 1.165) is 15.7 Å². The molecular weight excluding hydrogens is 410 g/mol. The Morgan fingerprint density at radius 3 is 2.56 bits per heavy atom. The molecule has 0 unspecified atom stereocenters. The quantitative estimate of drug-likeness (QED) is 0.476. The van der Waals surface area contributed by atoms with Crippen molar-refractivity contribution in [1.29, 1.82) is 0 Å². The summed E-state index contributed by atoms with van der Waals surface area (Å²) in [6.45, 7) is 5.63. The van der Waals surface area contributed by atoms with Crippen molar-refractivity contribution in [1.82, 2.24) is 9.56 Å². The first-order chi connectivity index (χ1) is 15.4. The van der Waals surface area contributed by atoms with E-state index in [2.05, 4.69) is 10.3 Å². The van der Waals surface area contributed by atoms with E-state index in [9.17, 15) is 9.59 Å². The highest BCUT2D eigenvalue weighted by Gasteiger charge is 2.10. The maximum atomic E-state index is 12.3. The van der Waals surface area contributed by atoms with Crippen molar-refractivity contribution in [2.45, 2.75) is 27.4 Å². The van der Waals surface area contributed by atoms with Gasteiger partial charge in [0.1, 0.15) is 23.9 Å². The highest BCUT2D eigenvalue weighted by atomic mass is 16.5. The zero-order valence-corrected chi connectivity index (χ0v) is 18.0. The second kappa shape index (κ2) is 8.97. The Bertz CT molecular complexity index is 1320. The number of rotatable bonds is 7. The average molecular weight is 433 g/mol. The van der Waals surface area contributed by atoms with Gasteiger partial charge in [0.25, 0.3) is 11.5 Å². The number of nitrogens with one attached hydrogen (secondary N) is 1. The fourth-order valence-electron chi connectivity index (χ4n) is 3.33. The van der Waals surface area contributed by atoms with Gasteiger partial charge in [0, 0.05) is 23.9 Å². The first-order valence-corrected chi connectivity index (χ1v) is 10.1. The number of nitrogens with zero attached hydrogens (tertiary/aromatic N) is 2. The van der Waals surface area contributed by atoms with Crippen molar-refractivity contribution < 1.29 is 18.8 Å². The molecule has 0 aliphatic rings. The van der Waals surface area contributed by atoms with Crippen molar-refractivity contribution in [3.63, 3.8) is 0 Å². The molecular formula is C24H23N3O5. The van der Waals surface area contributed by atoms with Crippen molar-refractivity contribution in [2.24, 2.45) is 0 Å². The molecule has 0 aliphatic carbocycles. The number of carbonyl (C=O) groups excluding carboxylic acids is 1. The number of hydrogen-bond acceptors (Lipinski definition) is 6. The average Bonchev–Trinajstić information content (AvgIpc) is 3.13. The first kappa shape index (κ1) is 21.2. The van der Waals surface area contributed by atoms with Crippen molar-refractivity contribution in [3.8, 4) is 11.5 Å². The van der Waals surface area contributed by atoms with Crippen LogP contribution in [0, 0.1) is 20.8 Å². The predicted octanol–water partition coefficient (Wildman–Crippen LogP) is 3.81. The maximum Gasteiger partial charge on any atom is 0.287 e. The number of para-hydroxylation sites is 1. The Hall–Kier alpha value is -4.07. The van der Waals surface area contributed by atoms with Gasteiger partial charge >= 0.3 is 0 Å². The van der Waals surface area contributed by atoms with Gasteiger partial charge in [0.2, 0.25) is 0 Å². The number of aryl methyl sites for hydroxylation is 3. The molecule has 4 aromatic rings. The number of amides is 1. The van der Waals surface area contributed by atoms with Crippen molar-refractivity contribution >= 4 is 17.2 Å². The van der Waals surface area contributed by atoms with Gasteiger partial charge in [-0.25, -0.2) is 4.98 Å². The van der Waals surface area contributed by atoms with E-state index >= 15 is 0 Å². The zero-order valence-electron chi connectivity index (χ0n) is 18.0. The van der Waals surface area contributed by atoms with Crippen LogP contribution in [0.25, 0.3) is 5.65 Å². The summed E-state index contributed by atoms with van der Waals surface area (Å²) in [7, 11) is 0. The Kier molecular flexibility index (Phi) is 5.93. The topological polar surface area (TPSA) is 95.1 Å². The maximum absolute atomic E-state index is 12.3. The van der Waals surface area contributed by atoms with Crippen LogP contribution in [0.3, 0.4) is 0 Å². The van der Waals surface area contributed by atoms with Gasteiger partial charge in [-0.3, -0.25) is 9.59 Å². The van der Waals surface area contributed by atoms with Crippen LogP contribution in [0.15, 0.2) is 63.9 Å². The van der Waals surface area contributed by atoms with Crippen LogP contribution in [0.4, 0.5) is 5.69 Å². The summed E-state index contributed by atoms with van der Waals surface area (Å²) in [4.78, 5) is 28.8. The van der Waals surface area contributed by atoms with E-state index in [1.807, 2.05) is 32.0 Å². The van der Waals surface area contributed by atoms with Crippen LogP contribution in [-0.4, -0.2) is 22.1 Å². The van der Waals surface area contributed by atoms with Gasteiger partial charge in [-0.2, -0.15) is 0 Å².